The largest absolute Gasteiger partial charge is 0.507 e. The molecule has 0 bridgehead atoms. The first-order chi connectivity index (χ1) is 15.1. The number of aromatic hydroxyl groups is 1. The number of hydrogen-bond donors (Lipinski definition) is 1. The third-order valence-electron chi connectivity index (χ3n) is 5.43. The number of ketones is 1. The second kappa shape index (κ2) is 10.1. The van der Waals surface area contributed by atoms with Crippen molar-refractivity contribution in [3.05, 3.63) is 53.3 Å². The van der Waals surface area contributed by atoms with Crippen LogP contribution in [0.1, 0.15) is 54.4 Å². The van der Waals surface area contributed by atoms with Gasteiger partial charge in [0.15, 0.2) is 29.9 Å². The minimum atomic E-state index is -0.546. The molecule has 2 aliphatic heterocycles. The number of carbonyl (C=O) groups is 1. The van der Waals surface area contributed by atoms with Gasteiger partial charge in [-0.1, -0.05) is 6.07 Å². The van der Waals surface area contributed by atoms with Crippen LogP contribution in [0.3, 0.4) is 0 Å². The number of benzene rings is 2. The second-order valence-corrected chi connectivity index (χ2v) is 7.87. The zero-order valence-corrected chi connectivity index (χ0v) is 17.3. The minimum Gasteiger partial charge on any atom is -0.507 e. The zero-order chi connectivity index (χ0) is 21.6. The summed E-state index contributed by atoms with van der Waals surface area (Å²) < 4.78 is 36.9. The van der Waals surface area contributed by atoms with Gasteiger partial charge in [-0.15, -0.1) is 0 Å². The van der Waals surface area contributed by atoms with Crippen molar-refractivity contribution in [3.63, 3.8) is 0 Å². The van der Waals surface area contributed by atoms with Gasteiger partial charge in [0.1, 0.15) is 11.5 Å². The number of phenols is 1. The summed E-state index contributed by atoms with van der Waals surface area (Å²) in [5.74, 6) is -0.465. The Morgan fingerprint density at radius 3 is 2.32 bits per heavy atom. The number of hydrogen-bond acceptors (Lipinski definition) is 6. The van der Waals surface area contributed by atoms with Crippen molar-refractivity contribution in [1.29, 1.82) is 0 Å². The van der Waals surface area contributed by atoms with Crippen molar-refractivity contribution in [2.24, 2.45) is 0 Å². The molecule has 6 nitrogen and oxygen atoms in total. The van der Waals surface area contributed by atoms with Crippen LogP contribution in [0.25, 0.3) is 0 Å². The lowest BCUT2D eigenvalue weighted by Crippen LogP contribution is -2.25. The molecule has 2 aromatic carbocycles. The van der Waals surface area contributed by atoms with E-state index in [0.717, 1.165) is 38.5 Å². The fourth-order valence-corrected chi connectivity index (χ4v) is 3.74. The van der Waals surface area contributed by atoms with Crippen molar-refractivity contribution in [2.45, 2.75) is 57.5 Å². The fourth-order valence-electron chi connectivity index (χ4n) is 3.74. The third kappa shape index (κ3) is 5.74. The summed E-state index contributed by atoms with van der Waals surface area (Å²) in [6, 6.07) is 8.96. The number of phenolic OH excluding ortho intramolecular Hbond substituents is 1. The lowest BCUT2D eigenvalue weighted by atomic mass is 10.0. The average Bonchev–Trinajstić information content (AvgIpc) is 2.78. The highest BCUT2D eigenvalue weighted by Gasteiger charge is 2.20. The smallest absolute Gasteiger partial charge is 0.199 e. The summed E-state index contributed by atoms with van der Waals surface area (Å²) in [5, 5.41) is 10.2. The molecular weight excluding hydrogens is 403 g/mol. The predicted molar refractivity (Wildman–Crippen MR) is 111 cm³/mol. The maximum absolute atomic E-state index is 14.5. The van der Waals surface area contributed by atoms with Gasteiger partial charge in [0.2, 0.25) is 0 Å². The first-order valence-corrected chi connectivity index (χ1v) is 10.8. The van der Waals surface area contributed by atoms with E-state index in [0.29, 0.717) is 24.5 Å². The summed E-state index contributed by atoms with van der Waals surface area (Å²) in [5.41, 5.74) is 0.616. The Morgan fingerprint density at radius 1 is 0.968 bits per heavy atom. The van der Waals surface area contributed by atoms with Crippen molar-refractivity contribution < 1.29 is 33.2 Å². The summed E-state index contributed by atoms with van der Waals surface area (Å²) in [6.45, 7) is 1.25. The normalized spacial score (nSPS) is 21.5. The Labute approximate surface area is 180 Å². The molecule has 2 atom stereocenters. The van der Waals surface area contributed by atoms with E-state index in [1.807, 2.05) is 0 Å². The lowest BCUT2D eigenvalue weighted by Gasteiger charge is -2.23. The number of Topliss-reactive ketones (excluding diaryl/α,β-unsaturated/α-hetero) is 1. The zero-order valence-electron chi connectivity index (χ0n) is 17.3. The van der Waals surface area contributed by atoms with Crippen LogP contribution in [-0.4, -0.2) is 36.7 Å². The Morgan fingerprint density at radius 2 is 1.68 bits per heavy atom. The molecule has 2 fully saturated rings. The molecule has 0 aromatic heterocycles. The van der Waals surface area contributed by atoms with E-state index in [-0.39, 0.29) is 35.6 Å². The molecule has 0 spiro atoms. The summed E-state index contributed by atoms with van der Waals surface area (Å²) in [6.07, 6.45) is 4.65. The molecule has 2 aromatic rings. The first-order valence-electron chi connectivity index (χ1n) is 10.8. The molecular formula is C24H27FO6. The Balaban J connectivity index is 1.41. The summed E-state index contributed by atoms with van der Waals surface area (Å²) >= 11 is 0. The van der Waals surface area contributed by atoms with E-state index >= 15 is 0 Å². The highest BCUT2D eigenvalue weighted by atomic mass is 19.1. The van der Waals surface area contributed by atoms with Crippen LogP contribution in [-0.2, 0) is 15.9 Å². The highest BCUT2D eigenvalue weighted by Crippen LogP contribution is 2.28. The maximum atomic E-state index is 14.5. The van der Waals surface area contributed by atoms with Crippen LogP contribution in [0.2, 0.25) is 0 Å². The molecule has 2 heterocycles. The molecule has 31 heavy (non-hydrogen) atoms. The van der Waals surface area contributed by atoms with E-state index in [2.05, 4.69) is 0 Å². The van der Waals surface area contributed by atoms with Crippen molar-refractivity contribution in [3.8, 4) is 17.2 Å². The van der Waals surface area contributed by atoms with Gasteiger partial charge in [0.05, 0.1) is 18.8 Å². The molecule has 0 radical (unpaired) electrons. The van der Waals surface area contributed by atoms with Crippen LogP contribution < -0.4 is 9.47 Å². The number of rotatable bonds is 7. The average molecular weight is 430 g/mol. The number of ether oxygens (including phenoxy) is 4. The summed E-state index contributed by atoms with van der Waals surface area (Å²) in [7, 11) is 0. The van der Waals surface area contributed by atoms with Crippen LogP contribution >= 0.6 is 0 Å². The van der Waals surface area contributed by atoms with E-state index < -0.39 is 12.1 Å². The lowest BCUT2D eigenvalue weighted by molar-refractivity contribution is -0.107. The molecule has 166 valence electrons. The second-order valence-electron chi connectivity index (χ2n) is 7.87. The van der Waals surface area contributed by atoms with Gasteiger partial charge in [0, 0.05) is 19.3 Å². The van der Waals surface area contributed by atoms with Crippen molar-refractivity contribution in [2.75, 3.05) is 13.2 Å². The van der Waals surface area contributed by atoms with Gasteiger partial charge < -0.3 is 24.1 Å². The van der Waals surface area contributed by atoms with Gasteiger partial charge >= 0.3 is 0 Å². The molecule has 0 saturated carbocycles. The van der Waals surface area contributed by atoms with Crippen molar-refractivity contribution in [1.82, 2.24) is 0 Å². The highest BCUT2D eigenvalue weighted by molar-refractivity contribution is 6.00. The molecule has 1 N–H and O–H groups in total. The maximum Gasteiger partial charge on any atom is 0.199 e. The molecule has 2 aliphatic rings. The Bertz CT molecular complexity index is 903. The van der Waals surface area contributed by atoms with E-state index in [1.54, 1.807) is 12.1 Å². The van der Waals surface area contributed by atoms with E-state index in [1.165, 1.54) is 24.3 Å². The van der Waals surface area contributed by atoms with Gasteiger partial charge in [-0.25, -0.2) is 4.39 Å². The molecule has 2 saturated heterocycles. The van der Waals surface area contributed by atoms with E-state index in [9.17, 15) is 14.3 Å². The van der Waals surface area contributed by atoms with Gasteiger partial charge in [-0.05, 0) is 61.6 Å². The van der Waals surface area contributed by atoms with Crippen LogP contribution in [0.15, 0.2) is 36.4 Å². The van der Waals surface area contributed by atoms with Crippen molar-refractivity contribution >= 4 is 5.78 Å². The van der Waals surface area contributed by atoms with Crippen LogP contribution in [0.4, 0.5) is 4.39 Å². The predicted octanol–water partition coefficient (Wildman–Crippen LogP) is 4.77. The molecule has 4 rings (SSSR count). The molecule has 2 unspecified atom stereocenters. The first kappa shape index (κ1) is 21.6. The Kier molecular flexibility index (Phi) is 7.04. The fraction of sp³-hybridized carbons (Fsp3) is 0.458. The van der Waals surface area contributed by atoms with Gasteiger partial charge in [0.25, 0.3) is 0 Å². The van der Waals surface area contributed by atoms with Crippen LogP contribution in [0.5, 0.6) is 17.2 Å². The minimum absolute atomic E-state index is 0.0614. The monoisotopic (exact) mass is 430 g/mol. The SMILES string of the molecule is O=C(Cc1ccc(OC2CCCCO2)c(F)c1)c1cc(OC2CCCCO2)ccc1O. The molecule has 0 aliphatic carbocycles. The molecule has 7 heteroatoms. The quantitative estimate of drug-likeness (QED) is 0.638. The van der Waals surface area contributed by atoms with Gasteiger partial charge in [-0.2, -0.15) is 0 Å². The molecule has 0 amide bonds. The standard InChI is InChI=1S/C24H27FO6/c25-19-13-16(7-10-22(19)31-24-6-2-4-12-29-24)14-21(27)18-15-17(8-9-20(18)26)30-23-5-1-3-11-28-23/h7-10,13,15,23-24,26H,1-6,11-12,14H2. The number of carbonyl (C=O) groups excluding carboxylic acids is 1. The van der Waals surface area contributed by atoms with Gasteiger partial charge in [-0.3, -0.25) is 4.79 Å². The topological polar surface area (TPSA) is 74.2 Å². The van der Waals surface area contributed by atoms with E-state index in [4.69, 9.17) is 18.9 Å². The summed E-state index contributed by atoms with van der Waals surface area (Å²) in [4.78, 5) is 12.8. The Hall–Kier alpha value is -2.64. The third-order valence-corrected chi connectivity index (χ3v) is 5.43. The van der Waals surface area contributed by atoms with Crippen LogP contribution in [0, 0.1) is 5.82 Å². The number of halogens is 1.